The van der Waals surface area contributed by atoms with E-state index in [0.717, 1.165) is 12.1 Å². The molecule has 1 aromatic carbocycles. The Morgan fingerprint density at radius 3 is 2.69 bits per heavy atom. The lowest BCUT2D eigenvalue weighted by Gasteiger charge is -2.21. The molecule has 0 radical (unpaired) electrons. The third kappa shape index (κ3) is 1.87. The van der Waals surface area contributed by atoms with Crippen molar-refractivity contribution in [3.63, 3.8) is 0 Å². The van der Waals surface area contributed by atoms with Crippen LogP contribution in [0.3, 0.4) is 0 Å². The number of hydrogen-bond acceptors (Lipinski definition) is 2. The molecule has 0 amide bonds. The van der Waals surface area contributed by atoms with Gasteiger partial charge in [-0.25, -0.2) is 0 Å². The van der Waals surface area contributed by atoms with Gasteiger partial charge in [0.15, 0.2) is 0 Å². The van der Waals surface area contributed by atoms with Crippen LogP contribution in [0, 0.1) is 0 Å². The van der Waals surface area contributed by atoms with Gasteiger partial charge < -0.3 is 10.4 Å². The largest absolute Gasteiger partial charge is 0.416 e. The van der Waals surface area contributed by atoms with Crippen LogP contribution in [0.15, 0.2) is 18.2 Å². The van der Waals surface area contributed by atoms with Gasteiger partial charge in [0.05, 0.1) is 17.7 Å². The van der Waals surface area contributed by atoms with Crippen molar-refractivity contribution in [1.82, 2.24) is 0 Å². The Hall–Kier alpha value is -1.23. The first-order valence-electron chi connectivity index (χ1n) is 4.93. The molecule has 0 aromatic heterocycles. The smallest absolute Gasteiger partial charge is 0.394 e. The Bertz CT molecular complexity index is 416. The fourth-order valence-electron chi connectivity index (χ4n) is 1.92. The quantitative estimate of drug-likeness (QED) is 0.778. The summed E-state index contributed by atoms with van der Waals surface area (Å²) >= 11 is 0. The molecule has 0 fully saturated rings. The van der Waals surface area contributed by atoms with E-state index in [-0.39, 0.29) is 6.61 Å². The van der Waals surface area contributed by atoms with Crippen molar-refractivity contribution in [1.29, 1.82) is 0 Å². The molecule has 0 aliphatic carbocycles. The Balaban J connectivity index is 2.35. The molecule has 1 aromatic rings. The first-order valence-corrected chi connectivity index (χ1v) is 4.93. The first kappa shape index (κ1) is 11.3. The molecule has 2 N–H and O–H groups in total. The molecule has 1 unspecified atom stereocenters. The average molecular weight is 231 g/mol. The van der Waals surface area contributed by atoms with Gasteiger partial charge in [-0.05, 0) is 37.1 Å². The van der Waals surface area contributed by atoms with Crippen LogP contribution in [0.4, 0.5) is 18.9 Å². The number of rotatable bonds is 1. The van der Waals surface area contributed by atoms with Crippen molar-refractivity contribution in [2.45, 2.75) is 25.1 Å². The monoisotopic (exact) mass is 231 g/mol. The van der Waals surface area contributed by atoms with E-state index in [1.54, 1.807) is 6.92 Å². The molecule has 2 nitrogen and oxygen atoms in total. The second-order valence-corrected chi connectivity index (χ2v) is 4.39. The van der Waals surface area contributed by atoms with Gasteiger partial charge >= 0.3 is 6.18 Å². The zero-order chi connectivity index (χ0) is 12.0. The van der Waals surface area contributed by atoms with Gasteiger partial charge in [0.2, 0.25) is 0 Å². The SMILES string of the molecule is CC1(CO)Cc2cc(C(F)(F)F)ccc2N1. The summed E-state index contributed by atoms with van der Waals surface area (Å²) in [5, 5.41) is 12.2. The fraction of sp³-hybridized carbons (Fsp3) is 0.455. The molecule has 88 valence electrons. The minimum absolute atomic E-state index is 0.108. The molecular formula is C11H12F3NO. The molecule has 1 atom stereocenters. The average Bonchev–Trinajstić information content (AvgIpc) is 2.52. The van der Waals surface area contributed by atoms with E-state index in [4.69, 9.17) is 5.11 Å². The molecule has 0 spiro atoms. The Labute approximate surface area is 91.1 Å². The van der Waals surface area contributed by atoms with Crippen molar-refractivity contribution in [3.05, 3.63) is 29.3 Å². The zero-order valence-electron chi connectivity index (χ0n) is 8.73. The first-order chi connectivity index (χ1) is 7.34. The Kier molecular flexibility index (Phi) is 2.38. The topological polar surface area (TPSA) is 32.3 Å². The van der Waals surface area contributed by atoms with Gasteiger partial charge in [0.1, 0.15) is 0 Å². The van der Waals surface area contributed by atoms with Crippen LogP contribution in [0.5, 0.6) is 0 Å². The lowest BCUT2D eigenvalue weighted by atomic mass is 9.98. The van der Waals surface area contributed by atoms with Gasteiger partial charge in [0, 0.05) is 5.69 Å². The maximum absolute atomic E-state index is 12.5. The van der Waals surface area contributed by atoms with Gasteiger partial charge in [-0.3, -0.25) is 0 Å². The maximum atomic E-state index is 12.5. The molecule has 16 heavy (non-hydrogen) atoms. The van der Waals surface area contributed by atoms with Gasteiger partial charge in [-0.1, -0.05) is 0 Å². The summed E-state index contributed by atoms with van der Waals surface area (Å²) in [7, 11) is 0. The minimum atomic E-state index is -4.31. The van der Waals surface area contributed by atoms with Crippen molar-refractivity contribution >= 4 is 5.69 Å². The van der Waals surface area contributed by atoms with E-state index >= 15 is 0 Å². The van der Waals surface area contributed by atoms with Gasteiger partial charge in [0.25, 0.3) is 0 Å². The molecule has 5 heteroatoms. The maximum Gasteiger partial charge on any atom is 0.416 e. The highest BCUT2D eigenvalue weighted by Gasteiger charge is 2.35. The molecule has 1 aliphatic heterocycles. The van der Waals surface area contributed by atoms with E-state index < -0.39 is 17.3 Å². The Morgan fingerprint density at radius 1 is 1.44 bits per heavy atom. The third-order valence-corrected chi connectivity index (χ3v) is 2.80. The number of hydrogen-bond donors (Lipinski definition) is 2. The predicted octanol–water partition coefficient (Wildman–Crippen LogP) is 2.42. The van der Waals surface area contributed by atoms with Crippen LogP contribution < -0.4 is 5.32 Å². The number of halogens is 3. The highest BCUT2D eigenvalue weighted by molar-refractivity contribution is 5.60. The number of benzene rings is 1. The second-order valence-electron chi connectivity index (χ2n) is 4.39. The van der Waals surface area contributed by atoms with Crippen molar-refractivity contribution in [2.75, 3.05) is 11.9 Å². The van der Waals surface area contributed by atoms with Crippen molar-refractivity contribution in [2.24, 2.45) is 0 Å². The summed E-state index contributed by atoms with van der Waals surface area (Å²) in [6, 6.07) is 3.61. The van der Waals surface area contributed by atoms with E-state index in [1.807, 2.05) is 0 Å². The van der Waals surface area contributed by atoms with E-state index in [1.165, 1.54) is 6.07 Å². The van der Waals surface area contributed by atoms with E-state index in [0.29, 0.717) is 17.7 Å². The van der Waals surface area contributed by atoms with Crippen LogP contribution >= 0.6 is 0 Å². The summed E-state index contributed by atoms with van der Waals surface area (Å²) < 4.78 is 37.4. The van der Waals surface area contributed by atoms with Crippen LogP contribution in [-0.2, 0) is 12.6 Å². The van der Waals surface area contributed by atoms with Crippen LogP contribution in [0.1, 0.15) is 18.1 Å². The number of anilines is 1. The third-order valence-electron chi connectivity index (χ3n) is 2.80. The lowest BCUT2D eigenvalue weighted by Crippen LogP contribution is -2.36. The van der Waals surface area contributed by atoms with Gasteiger partial charge in [-0.2, -0.15) is 13.2 Å². The normalized spacial score (nSPS) is 24.1. The molecular weight excluding hydrogens is 219 g/mol. The summed E-state index contributed by atoms with van der Waals surface area (Å²) in [6.07, 6.45) is -3.91. The van der Waals surface area contributed by atoms with Crippen LogP contribution in [-0.4, -0.2) is 17.3 Å². The summed E-state index contributed by atoms with van der Waals surface area (Å²) in [6.45, 7) is 1.67. The molecule has 0 bridgehead atoms. The number of aliphatic hydroxyl groups excluding tert-OH is 1. The van der Waals surface area contributed by atoms with Crippen molar-refractivity contribution < 1.29 is 18.3 Å². The summed E-state index contributed by atoms with van der Waals surface area (Å²) in [4.78, 5) is 0. The predicted molar refractivity (Wildman–Crippen MR) is 54.3 cm³/mol. The molecule has 0 saturated heterocycles. The Morgan fingerprint density at radius 2 is 2.12 bits per heavy atom. The zero-order valence-corrected chi connectivity index (χ0v) is 8.73. The minimum Gasteiger partial charge on any atom is -0.394 e. The van der Waals surface area contributed by atoms with Crippen LogP contribution in [0.25, 0.3) is 0 Å². The number of aliphatic hydroxyl groups is 1. The van der Waals surface area contributed by atoms with Crippen molar-refractivity contribution in [3.8, 4) is 0 Å². The highest BCUT2D eigenvalue weighted by atomic mass is 19.4. The summed E-state index contributed by atoms with van der Waals surface area (Å²) in [5.74, 6) is 0. The molecule has 1 aliphatic rings. The number of alkyl halides is 3. The number of fused-ring (bicyclic) bond motifs is 1. The summed E-state index contributed by atoms with van der Waals surface area (Å²) in [5.41, 5.74) is 0.0817. The lowest BCUT2D eigenvalue weighted by molar-refractivity contribution is -0.137. The van der Waals surface area contributed by atoms with Gasteiger partial charge in [-0.15, -0.1) is 0 Å². The molecule has 2 rings (SSSR count). The highest BCUT2D eigenvalue weighted by Crippen LogP contribution is 2.37. The van der Waals surface area contributed by atoms with E-state index in [2.05, 4.69) is 5.32 Å². The van der Waals surface area contributed by atoms with Crippen LogP contribution in [0.2, 0.25) is 0 Å². The number of nitrogens with one attached hydrogen (secondary N) is 1. The fourth-order valence-corrected chi connectivity index (χ4v) is 1.92. The molecule has 0 saturated carbocycles. The molecule has 1 heterocycles. The second kappa shape index (κ2) is 3.38. The standard InChI is InChI=1S/C11H12F3NO/c1-10(6-16)5-7-4-8(11(12,13)14)2-3-9(7)15-10/h2-4,15-16H,5-6H2,1H3. The van der Waals surface area contributed by atoms with E-state index in [9.17, 15) is 13.2 Å².